The molecule has 16 heavy (non-hydrogen) atoms. The largest absolute Gasteiger partial charge is 0.325 e. The highest BCUT2D eigenvalue weighted by Gasteiger charge is 2.30. The molecule has 3 rings (SSSR count). The van der Waals surface area contributed by atoms with E-state index in [1.54, 1.807) is 0 Å². The summed E-state index contributed by atoms with van der Waals surface area (Å²) >= 11 is 0. The summed E-state index contributed by atoms with van der Waals surface area (Å²) in [5.41, 5.74) is 2.15. The van der Waals surface area contributed by atoms with Gasteiger partial charge in [-0.2, -0.15) is 0 Å². The van der Waals surface area contributed by atoms with Crippen LogP contribution in [0, 0.1) is 0 Å². The van der Waals surface area contributed by atoms with Gasteiger partial charge in [0.2, 0.25) is 5.91 Å². The predicted molar refractivity (Wildman–Crippen MR) is 65.6 cm³/mol. The molecule has 0 aromatic heterocycles. The van der Waals surface area contributed by atoms with Crippen LogP contribution < -0.4 is 5.32 Å². The Morgan fingerprint density at radius 2 is 2.00 bits per heavy atom. The summed E-state index contributed by atoms with van der Waals surface area (Å²) in [6, 6.07) is 12.3. The first-order chi connectivity index (χ1) is 7.81. The second kappa shape index (κ2) is 3.34. The maximum Gasteiger partial charge on any atom is 0.232 e. The molecule has 0 radical (unpaired) electrons. The molecular formula is C14H13NO. The zero-order valence-corrected chi connectivity index (χ0v) is 9.16. The van der Waals surface area contributed by atoms with Crippen molar-refractivity contribution in [2.24, 2.45) is 0 Å². The Balaban J connectivity index is 2.35. The highest BCUT2D eigenvalue weighted by atomic mass is 16.2. The van der Waals surface area contributed by atoms with Crippen molar-refractivity contribution >= 4 is 22.4 Å². The van der Waals surface area contributed by atoms with Gasteiger partial charge in [0.15, 0.2) is 0 Å². The minimum atomic E-state index is 0.0149. The van der Waals surface area contributed by atoms with Crippen LogP contribution in [0.25, 0.3) is 10.8 Å². The monoisotopic (exact) mass is 211 g/mol. The van der Waals surface area contributed by atoms with E-state index in [0.717, 1.165) is 12.1 Å². The number of benzene rings is 2. The van der Waals surface area contributed by atoms with E-state index in [-0.39, 0.29) is 11.8 Å². The Morgan fingerprint density at radius 1 is 1.19 bits per heavy atom. The molecule has 1 N–H and O–H groups in total. The second-order valence-electron chi connectivity index (χ2n) is 4.20. The summed E-state index contributed by atoms with van der Waals surface area (Å²) in [5, 5.41) is 5.36. The van der Waals surface area contributed by atoms with E-state index < -0.39 is 0 Å². The highest BCUT2D eigenvalue weighted by molar-refractivity contribution is 6.08. The van der Waals surface area contributed by atoms with Gasteiger partial charge in [-0.25, -0.2) is 0 Å². The lowest BCUT2D eigenvalue weighted by molar-refractivity contribution is -0.117. The van der Waals surface area contributed by atoms with Crippen molar-refractivity contribution in [2.45, 2.75) is 19.3 Å². The molecule has 1 aliphatic heterocycles. The van der Waals surface area contributed by atoms with E-state index in [2.05, 4.69) is 30.4 Å². The molecule has 0 bridgehead atoms. The van der Waals surface area contributed by atoms with Gasteiger partial charge in [-0.15, -0.1) is 0 Å². The molecule has 0 saturated heterocycles. The van der Waals surface area contributed by atoms with E-state index >= 15 is 0 Å². The third-order valence-corrected chi connectivity index (χ3v) is 3.30. The lowest BCUT2D eigenvalue weighted by Crippen LogP contribution is -2.10. The number of hydrogen-bond donors (Lipinski definition) is 1. The molecule has 0 saturated carbocycles. The van der Waals surface area contributed by atoms with E-state index in [0.29, 0.717) is 0 Å². The molecule has 2 nitrogen and oxygen atoms in total. The van der Waals surface area contributed by atoms with Crippen LogP contribution in [-0.4, -0.2) is 5.91 Å². The molecule has 1 heterocycles. The van der Waals surface area contributed by atoms with Crippen LogP contribution in [0.15, 0.2) is 36.4 Å². The molecule has 2 heteroatoms. The van der Waals surface area contributed by atoms with Crippen LogP contribution >= 0.6 is 0 Å². The van der Waals surface area contributed by atoms with Crippen LogP contribution in [0.3, 0.4) is 0 Å². The second-order valence-corrected chi connectivity index (χ2v) is 4.20. The number of carbonyl (C=O) groups is 1. The van der Waals surface area contributed by atoms with Gasteiger partial charge in [-0.3, -0.25) is 4.79 Å². The van der Waals surface area contributed by atoms with Gasteiger partial charge in [-0.05, 0) is 28.8 Å². The third kappa shape index (κ3) is 1.16. The summed E-state index contributed by atoms with van der Waals surface area (Å²) in [4.78, 5) is 11.8. The van der Waals surface area contributed by atoms with Crippen molar-refractivity contribution in [1.29, 1.82) is 0 Å². The zero-order chi connectivity index (χ0) is 11.1. The first-order valence-corrected chi connectivity index (χ1v) is 5.63. The quantitative estimate of drug-likeness (QED) is 0.770. The van der Waals surface area contributed by atoms with E-state index in [9.17, 15) is 4.79 Å². The average molecular weight is 211 g/mol. The van der Waals surface area contributed by atoms with Crippen molar-refractivity contribution in [3.05, 3.63) is 42.0 Å². The number of rotatable bonds is 1. The Kier molecular flexibility index (Phi) is 1.96. The molecule has 2 aromatic carbocycles. The third-order valence-electron chi connectivity index (χ3n) is 3.30. The summed E-state index contributed by atoms with van der Waals surface area (Å²) in [5.74, 6) is 0.148. The Bertz CT molecular complexity index is 574. The average Bonchev–Trinajstić information content (AvgIpc) is 2.65. The smallest absolute Gasteiger partial charge is 0.232 e. The van der Waals surface area contributed by atoms with Crippen molar-refractivity contribution < 1.29 is 4.79 Å². The summed E-state index contributed by atoms with van der Waals surface area (Å²) in [6.45, 7) is 2.06. The fourth-order valence-electron chi connectivity index (χ4n) is 2.52. The molecule has 1 aliphatic rings. The van der Waals surface area contributed by atoms with Gasteiger partial charge in [0.1, 0.15) is 0 Å². The molecular weight excluding hydrogens is 198 g/mol. The molecule has 0 fully saturated rings. The highest BCUT2D eigenvalue weighted by Crippen LogP contribution is 2.39. The minimum Gasteiger partial charge on any atom is -0.325 e. The van der Waals surface area contributed by atoms with Gasteiger partial charge in [0, 0.05) is 5.69 Å². The Morgan fingerprint density at radius 3 is 2.81 bits per heavy atom. The summed E-state index contributed by atoms with van der Waals surface area (Å²) < 4.78 is 0. The van der Waals surface area contributed by atoms with Gasteiger partial charge in [0.05, 0.1) is 5.92 Å². The van der Waals surface area contributed by atoms with Crippen LogP contribution in [-0.2, 0) is 4.79 Å². The number of fused-ring (bicyclic) bond motifs is 3. The van der Waals surface area contributed by atoms with Crippen LogP contribution in [0.2, 0.25) is 0 Å². The van der Waals surface area contributed by atoms with Gasteiger partial charge >= 0.3 is 0 Å². The van der Waals surface area contributed by atoms with Crippen molar-refractivity contribution in [3.8, 4) is 0 Å². The van der Waals surface area contributed by atoms with Crippen LogP contribution in [0.4, 0.5) is 5.69 Å². The van der Waals surface area contributed by atoms with Crippen molar-refractivity contribution in [3.63, 3.8) is 0 Å². The first kappa shape index (κ1) is 9.40. The number of hydrogen-bond acceptors (Lipinski definition) is 1. The summed E-state index contributed by atoms with van der Waals surface area (Å²) in [7, 11) is 0. The number of carbonyl (C=O) groups excluding carboxylic acids is 1. The van der Waals surface area contributed by atoms with E-state index in [1.165, 1.54) is 16.3 Å². The molecule has 1 amide bonds. The van der Waals surface area contributed by atoms with Crippen LogP contribution in [0.5, 0.6) is 0 Å². The summed E-state index contributed by atoms with van der Waals surface area (Å²) in [6.07, 6.45) is 0.854. The molecule has 0 aliphatic carbocycles. The Labute approximate surface area is 94.3 Å². The van der Waals surface area contributed by atoms with Gasteiger partial charge in [-0.1, -0.05) is 37.3 Å². The lowest BCUT2D eigenvalue weighted by atomic mass is 9.93. The topological polar surface area (TPSA) is 29.1 Å². The maximum atomic E-state index is 11.8. The lowest BCUT2D eigenvalue weighted by Gasteiger charge is -2.08. The maximum absolute atomic E-state index is 11.8. The molecule has 2 aromatic rings. The standard InChI is InChI=1S/C14H13NO/c1-2-10-13-11-6-4-3-5-9(11)7-8-12(13)15-14(10)16/h3-8,10H,2H2,1H3,(H,15,16). The zero-order valence-electron chi connectivity index (χ0n) is 9.16. The molecule has 1 atom stereocenters. The molecule has 0 spiro atoms. The normalized spacial score (nSPS) is 18.6. The Hall–Kier alpha value is -1.83. The van der Waals surface area contributed by atoms with E-state index in [4.69, 9.17) is 0 Å². The fraction of sp³-hybridized carbons (Fsp3) is 0.214. The van der Waals surface area contributed by atoms with Gasteiger partial charge in [0.25, 0.3) is 0 Å². The number of anilines is 1. The first-order valence-electron chi connectivity index (χ1n) is 5.63. The number of amides is 1. The SMILES string of the molecule is CCC1C(=O)Nc2ccc3ccccc3c21. The van der Waals surface area contributed by atoms with Crippen molar-refractivity contribution in [2.75, 3.05) is 5.32 Å². The van der Waals surface area contributed by atoms with Gasteiger partial charge < -0.3 is 5.32 Å². The van der Waals surface area contributed by atoms with Crippen LogP contribution in [0.1, 0.15) is 24.8 Å². The number of nitrogens with one attached hydrogen (secondary N) is 1. The predicted octanol–water partition coefficient (Wildman–Crippen LogP) is 3.29. The molecule has 1 unspecified atom stereocenters. The molecule has 80 valence electrons. The fourth-order valence-corrected chi connectivity index (χ4v) is 2.52. The van der Waals surface area contributed by atoms with E-state index in [1.807, 2.05) is 18.2 Å². The minimum absolute atomic E-state index is 0.0149. The van der Waals surface area contributed by atoms with Crippen molar-refractivity contribution in [1.82, 2.24) is 0 Å².